The Morgan fingerprint density at radius 2 is 2.05 bits per heavy atom. The molecule has 0 amide bonds. The van der Waals surface area contributed by atoms with Gasteiger partial charge in [0.15, 0.2) is 9.84 Å². The predicted molar refractivity (Wildman–Crippen MR) is 74.3 cm³/mol. The van der Waals surface area contributed by atoms with Gasteiger partial charge in [-0.15, -0.1) is 0 Å². The second-order valence-electron chi connectivity index (χ2n) is 3.88. The molecular weight excluding hydrogens is 336 g/mol. The molecule has 0 saturated carbocycles. The Bertz CT molecular complexity index is 553. The van der Waals surface area contributed by atoms with Crippen molar-refractivity contribution in [1.29, 1.82) is 0 Å². The fourth-order valence-electron chi connectivity index (χ4n) is 1.40. The van der Waals surface area contributed by atoms with Crippen LogP contribution in [0.3, 0.4) is 0 Å². The highest BCUT2D eigenvalue weighted by Crippen LogP contribution is 2.24. The third-order valence-electron chi connectivity index (χ3n) is 2.36. The van der Waals surface area contributed by atoms with Crippen molar-refractivity contribution in [3.8, 4) is 0 Å². The van der Waals surface area contributed by atoms with E-state index in [4.69, 9.17) is 9.84 Å². The highest BCUT2D eigenvalue weighted by molar-refractivity contribution is 9.10. The molecule has 5 nitrogen and oxygen atoms in total. The van der Waals surface area contributed by atoms with E-state index in [0.29, 0.717) is 11.1 Å². The lowest BCUT2D eigenvalue weighted by atomic mass is 10.2. The molecule has 0 aromatic heterocycles. The first-order chi connectivity index (χ1) is 8.88. The zero-order valence-electron chi connectivity index (χ0n) is 10.4. The van der Waals surface area contributed by atoms with E-state index in [1.807, 2.05) is 6.92 Å². The van der Waals surface area contributed by atoms with Gasteiger partial charge < -0.3 is 9.84 Å². The van der Waals surface area contributed by atoms with Gasteiger partial charge in [0.05, 0.1) is 22.8 Å². The van der Waals surface area contributed by atoms with Crippen LogP contribution in [-0.2, 0) is 14.6 Å². The Labute approximate surface area is 120 Å². The van der Waals surface area contributed by atoms with E-state index >= 15 is 0 Å². The summed E-state index contributed by atoms with van der Waals surface area (Å²) in [6.07, 6.45) is 0.818. The number of hydrogen-bond donors (Lipinski definition) is 1. The molecule has 0 atom stereocenters. The number of aromatic carboxylic acids is 1. The van der Waals surface area contributed by atoms with Crippen LogP contribution in [0.25, 0.3) is 0 Å². The molecule has 106 valence electrons. The van der Waals surface area contributed by atoms with Gasteiger partial charge in [-0.1, -0.05) is 6.92 Å². The molecule has 1 aromatic rings. The lowest BCUT2D eigenvalue weighted by Crippen LogP contribution is -2.14. The fourth-order valence-corrected chi connectivity index (χ4v) is 3.62. The SMILES string of the molecule is CCCOCCS(=O)(=O)c1cc(C(=O)O)ccc1Br. The number of halogens is 1. The zero-order chi connectivity index (χ0) is 14.5. The summed E-state index contributed by atoms with van der Waals surface area (Å²) in [6.45, 7) is 2.53. The van der Waals surface area contributed by atoms with Gasteiger partial charge in [0.1, 0.15) is 0 Å². The van der Waals surface area contributed by atoms with Gasteiger partial charge in [-0.05, 0) is 40.5 Å². The number of carboxylic acids is 1. The molecule has 0 unspecified atom stereocenters. The maximum absolute atomic E-state index is 12.1. The molecule has 0 fully saturated rings. The third kappa shape index (κ3) is 4.59. The van der Waals surface area contributed by atoms with Gasteiger partial charge in [0, 0.05) is 11.1 Å². The molecule has 0 aliphatic carbocycles. The number of benzene rings is 1. The van der Waals surface area contributed by atoms with E-state index in [9.17, 15) is 13.2 Å². The normalized spacial score (nSPS) is 11.5. The topological polar surface area (TPSA) is 80.7 Å². The first-order valence-corrected chi connectivity index (χ1v) is 8.16. The average Bonchev–Trinajstić information content (AvgIpc) is 2.34. The molecule has 1 aromatic carbocycles. The monoisotopic (exact) mass is 350 g/mol. The number of carboxylic acid groups (broad SMARTS) is 1. The van der Waals surface area contributed by atoms with E-state index in [2.05, 4.69) is 15.9 Å². The summed E-state index contributed by atoms with van der Waals surface area (Å²) < 4.78 is 29.7. The van der Waals surface area contributed by atoms with Crippen LogP contribution in [-0.4, -0.2) is 38.5 Å². The number of hydrogen-bond acceptors (Lipinski definition) is 4. The van der Waals surface area contributed by atoms with Crippen molar-refractivity contribution >= 4 is 31.7 Å². The number of carbonyl (C=O) groups is 1. The van der Waals surface area contributed by atoms with Crippen molar-refractivity contribution in [3.63, 3.8) is 0 Å². The molecule has 0 radical (unpaired) electrons. The molecule has 0 saturated heterocycles. The molecule has 1 N–H and O–H groups in total. The lowest BCUT2D eigenvalue weighted by molar-refractivity contribution is 0.0696. The largest absolute Gasteiger partial charge is 0.478 e. The molecule has 1 rings (SSSR count). The molecule has 0 aliphatic rings. The van der Waals surface area contributed by atoms with Crippen molar-refractivity contribution in [3.05, 3.63) is 28.2 Å². The van der Waals surface area contributed by atoms with E-state index in [1.165, 1.54) is 12.1 Å². The Morgan fingerprint density at radius 1 is 1.37 bits per heavy atom. The highest BCUT2D eigenvalue weighted by atomic mass is 79.9. The summed E-state index contributed by atoms with van der Waals surface area (Å²) >= 11 is 3.13. The van der Waals surface area contributed by atoms with E-state index < -0.39 is 15.8 Å². The Kier molecular flexibility index (Phi) is 5.96. The van der Waals surface area contributed by atoms with Crippen LogP contribution in [0.4, 0.5) is 0 Å². The summed E-state index contributed by atoms with van der Waals surface area (Å²) in [5.74, 6) is -1.33. The van der Waals surface area contributed by atoms with E-state index in [0.717, 1.165) is 12.5 Å². The fraction of sp³-hybridized carbons (Fsp3) is 0.417. The van der Waals surface area contributed by atoms with Gasteiger partial charge in [-0.2, -0.15) is 0 Å². The van der Waals surface area contributed by atoms with Crippen molar-refractivity contribution in [2.24, 2.45) is 0 Å². The lowest BCUT2D eigenvalue weighted by Gasteiger charge is -2.08. The van der Waals surface area contributed by atoms with Crippen LogP contribution in [0.5, 0.6) is 0 Å². The Morgan fingerprint density at radius 3 is 2.63 bits per heavy atom. The smallest absolute Gasteiger partial charge is 0.335 e. The summed E-state index contributed by atoms with van der Waals surface area (Å²) in [4.78, 5) is 10.8. The van der Waals surface area contributed by atoms with Crippen LogP contribution < -0.4 is 0 Å². The molecule has 0 bridgehead atoms. The number of sulfone groups is 1. The van der Waals surface area contributed by atoms with Gasteiger partial charge in [0.25, 0.3) is 0 Å². The van der Waals surface area contributed by atoms with Crippen molar-refractivity contribution in [1.82, 2.24) is 0 Å². The van der Waals surface area contributed by atoms with Crippen molar-refractivity contribution < 1.29 is 23.1 Å². The van der Waals surface area contributed by atoms with Crippen molar-refractivity contribution in [2.45, 2.75) is 18.2 Å². The highest BCUT2D eigenvalue weighted by Gasteiger charge is 2.19. The summed E-state index contributed by atoms with van der Waals surface area (Å²) in [7, 11) is -3.56. The second kappa shape index (κ2) is 7.02. The van der Waals surface area contributed by atoms with Crippen LogP contribution in [0, 0.1) is 0 Å². The van der Waals surface area contributed by atoms with Crippen LogP contribution >= 0.6 is 15.9 Å². The first-order valence-electron chi connectivity index (χ1n) is 5.72. The Balaban J connectivity index is 2.94. The Hall–Kier alpha value is -0.920. The standard InChI is InChI=1S/C12H15BrO5S/c1-2-5-18-6-7-19(16,17)11-8-9(12(14)15)3-4-10(11)13/h3-4,8H,2,5-7H2,1H3,(H,14,15). The van der Waals surface area contributed by atoms with Crippen molar-refractivity contribution in [2.75, 3.05) is 19.0 Å². The molecule has 0 spiro atoms. The second-order valence-corrected chi connectivity index (χ2v) is 6.81. The third-order valence-corrected chi connectivity index (χ3v) is 5.02. The first kappa shape index (κ1) is 16.1. The molecule has 0 heterocycles. The van der Waals surface area contributed by atoms with Gasteiger partial charge in [-0.25, -0.2) is 13.2 Å². The number of rotatable bonds is 7. The molecular formula is C12H15BrO5S. The minimum Gasteiger partial charge on any atom is -0.478 e. The molecule has 7 heteroatoms. The van der Waals surface area contributed by atoms with Gasteiger partial charge >= 0.3 is 5.97 Å². The molecule has 0 aliphatic heterocycles. The number of ether oxygens (including phenoxy) is 1. The maximum Gasteiger partial charge on any atom is 0.335 e. The predicted octanol–water partition coefficient (Wildman–Crippen LogP) is 2.35. The van der Waals surface area contributed by atoms with E-state index in [1.54, 1.807) is 0 Å². The quantitative estimate of drug-likeness (QED) is 0.763. The van der Waals surface area contributed by atoms with Crippen LogP contribution in [0.1, 0.15) is 23.7 Å². The van der Waals surface area contributed by atoms with Gasteiger partial charge in [-0.3, -0.25) is 0 Å². The van der Waals surface area contributed by atoms with Gasteiger partial charge in [0.2, 0.25) is 0 Å². The molecule has 19 heavy (non-hydrogen) atoms. The summed E-state index contributed by atoms with van der Waals surface area (Å²) in [6, 6.07) is 3.92. The van der Waals surface area contributed by atoms with Crippen LogP contribution in [0.2, 0.25) is 0 Å². The minimum absolute atomic E-state index is 0.0208. The zero-order valence-corrected chi connectivity index (χ0v) is 12.8. The van der Waals surface area contributed by atoms with E-state index in [-0.39, 0.29) is 22.8 Å². The van der Waals surface area contributed by atoms with Crippen LogP contribution in [0.15, 0.2) is 27.6 Å². The summed E-state index contributed by atoms with van der Waals surface area (Å²) in [5, 5.41) is 8.88. The maximum atomic E-state index is 12.1. The minimum atomic E-state index is -3.56. The summed E-state index contributed by atoms with van der Waals surface area (Å²) in [5.41, 5.74) is -0.0590. The average molecular weight is 351 g/mol.